The molecule has 0 fully saturated rings. The van der Waals surface area contributed by atoms with Crippen molar-refractivity contribution in [3.8, 4) is 0 Å². The zero-order valence-electron chi connectivity index (χ0n) is 12.3. The zero-order chi connectivity index (χ0) is 14.2. The average Bonchev–Trinajstić information content (AvgIpc) is 2.85. The largest absolute Gasteiger partial charge is 0.310 e. The molecule has 0 bridgehead atoms. The van der Waals surface area contributed by atoms with Gasteiger partial charge in [-0.2, -0.15) is 5.10 Å². The standard InChI is InChI=1S/C13H22ClN5/c1-6-19-13-11(10(3)16-19)15-12(9(2)14)18(13)8-7-17(4)5/h9H,6-8H2,1-5H3. The fraction of sp³-hybridized carbons (Fsp3) is 0.692. The lowest BCUT2D eigenvalue weighted by Crippen LogP contribution is -2.20. The first kappa shape index (κ1) is 14.3. The van der Waals surface area contributed by atoms with Crippen LogP contribution in [0.25, 0.3) is 11.2 Å². The highest BCUT2D eigenvalue weighted by Gasteiger charge is 2.20. The third kappa shape index (κ3) is 2.62. The van der Waals surface area contributed by atoms with Crippen LogP contribution < -0.4 is 0 Å². The van der Waals surface area contributed by atoms with Gasteiger partial charge in [0.15, 0.2) is 5.65 Å². The highest BCUT2D eigenvalue weighted by molar-refractivity contribution is 6.20. The summed E-state index contributed by atoms with van der Waals surface area (Å²) in [6, 6.07) is 0. The molecule has 0 aliphatic heterocycles. The first-order valence-corrected chi connectivity index (χ1v) is 7.11. The number of alkyl halides is 1. The Bertz CT molecular complexity index is 567. The van der Waals surface area contributed by atoms with Crippen molar-refractivity contribution in [1.29, 1.82) is 0 Å². The quantitative estimate of drug-likeness (QED) is 0.791. The van der Waals surface area contributed by atoms with Crippen molar-refractivity contribution in [3.63, 3.8) is 0 Å². The van der Waals surface area contributed by atoms with Crippen LogP contribution in [-0.2, 0) is 13.1 Å². The van der Waals surface area contributed by atoms with Crippen LogP contribution in [0.2, 0.25) is 0 Å². The molecule has 1 unspecified atom stereocenters. The summed E-state index contributed by atoms with van der Waals surface area (Å²) in [5.41, 5.74) is 3.03. The van der Waals surface area contributed by atoms with Crippen molar-refractivity contribution in [2.45, 2.75) is 39.2 Å². The number of rotatable bonds is 5. The Labute approximate surface area is 119 Å². The van der Waals surface area contributed by atoms with Gasteiger partial charge in [0.1, 0.15) is 11.3 Å². The molecule has 6 heteroatoms. The first-order chi connectivity index (χ1) is 8.95. The predicted molar refractivity (Wildman–Crippen MR) is 78.8 cm³/mol. The molecular formula is C13H22ClN5. The van der Waals surface area contributed by atoms with Crippen LogP contribution in [0.5, 0.6) is 0 Å². The van der Waals surface area contributed by atoms with Gasteiger partial charge in [0.25, 0.3) is 0 Å². The van der Waals surface area contributed by atoms with Gasteiger partial charge >= 0.3 is 0 Å². The Morgan fingerprint density at radius 2 is 2.05 bits per heavy atom. The minimum atomic E-state index is -0.0979. The van der Waals surface area contributed by atoms with E-state index in [1.165, 1.54) is 0 Å². The molecule has 0 saturated heterocycles. The van der Waals surface area contributed by atoms with E-state index in [1.54, 1.807) is 0 Å². The zero-order valence-corrected chi connectivity index (χ0v) is 13.1. The molecule has 2 heterocycles. The first-order valence-electron chi connectivity index (χ1n) is 6.68. The van der Waals surface area contributed by atoms with E-state index in [-0.39, 0.29) is 5.38 Å². The molecule has 2 rings (SSSR count). The number of imidazole rings is 1. The summed E-state index contributed by atoms with van der Waals surface area (Å²) < 4.78 is 4.21. The third-order valence-electron chi connectivity index (χ3n) is 3.25. The molecule has 0 spiro atoms. The average molecular weight is 284 g/mol. The molecule has 0 N–H and O–H groups in total. The van der Waals surface area contributed by atoms with Crippen LogP contribution in [-0.4, -0.2) is 44.9 Å². The molecule has 2 aromatic rings. The number of likely N-dealkylation sites (N-methyl/N-ethyl adjacent to an activating group) is 1. The van der Waals surface area contributed by atoms with Crippen molar-refractivity contribution < 1.29 is 0 Å². The van der Waals surface area contributed by atoms with E-state index in [9.17, 15) is 0 Å². The van der Waals surface area contributed by atoms with Gasteiger partial charge in [0, 0.05) is 19.6 Å². The van der Waals surface area contributed by atoms with E-state index >= 15 is 0 Å². The summed E-state index contributed by atoms with van der Waals surface area (Å²) in [6.07, 6.45) is 0. The van der Waals surface area contributed by atoms with Crippen molar-refractivity contribution in [3.05, 3.63) is 11.5 Å². The second kappa shape index (κ2) is 5.51. The van der Waals surface area contributed by atoms with E-state index < -0.39 is 0 Å². The molecular weight excluding hydrogens is 262 g/mol. The second-order valence-corrected chi connectivity index (χ2v) is 5.77. The van der Waals surface area contributed by atoms with Crippen LogP contribution in [0.3, 0.4) is 0 Å². The molecule has 0 radical (unpaired) electrons. The normalized spacial score (nSPS) is 13.6. The number of hydrogen-bond donors (Lipinski definition) is 0. The SMILES string of the molecule is CCn1nc(C)c2nc(C(C)Cl)n(CCN(C)C)c21. The van der Waals surface area contributed by atoms with E-state index in [2.05, 4.69) is 40.6 Å². The molecule has 0 aliphatic carbocycles. The Balaban J connectivity index is 2.57. The van der Waals surface area contributed by atoms with E-state index in [0.29, 0.717) is 0 Å². The molecule has 2 aromatic heterocycles. The summed E-state index contributed by atoms with van der Waals surface area (Å²) in [6.45, 7) is 8.73. The van der Waals surface area contributed by atoms with Crippen molar-refractivity contribution >= 4 is 22.8 Å². The van der Waals surface area contributed by atoms with Gasteiger partial charge in [0.2, 0.25) is 0 Å². The van der Waals surface area contributed by atoms with E-state index in [1.807, 2.05) is 18.5 Å². The highest BCUT2D eigenvalue weighted by atomic mass is 35.5. The summed E-state index contributed by atoms with van der Waals surface area (Å²) in [5.74, 6) is 0.932. The molecule has 19 heavy (non-hydrogen) atoms. The number of nitrogens with zero attached hydrogens (tertiary/aromatic N) is 5. The summed E-state index contributed by atoms with van der Waals surface area (Å²) >= 11 is 6.27. The molecule has 0 amide bonds. The minimum absolute atomic E-state index is 0.0979. The molecule has 106 valence electrons. The van der Waals surface area contributed by atoms with Crippen LogP contribution in [0.1, 0.15) is 30.7 Å². The maximum atomic E-state index is 6.27. The minimum Gasteiger partial charge on any atom is -0.310 e. The predicted octanol–water partition coefficient (Wildman–Crippen LogP) is 2.42. The molecule has 5 nitrogen and oxygen atoms in total. The van der Waals surface area contributed by atoms with Gasteiger partial charge in [-0.15, -0.1) is 11.6 Å². The van der Waals surface area contributed by atoms with Gasteiger partial charge < -0.3 is 9.47 Å². The lowest BCUT2D eigenvalue weighted by Gasteiger charge is -2.14. The number of aryl methyl sites for hydroxylation is 2. The van der Waals surface area contributed by atoms with E-state index in [4.69, 9.17) is 11.6 Å². The highest BCUT2D eigenvalue weighted by Crippen LogP contribution is 2.26. The Morgan fingerprint density at radius 1 is 1.37 bits per heavy atom. The summed E-state index contributed by atoms with van der Waals surface area (Å²) in [7, 11) is 4.14. The lowest BCUT2D eigenvalue weighted by atomic mass is 10.4. The van der Waals surface area contributed by atoms with Gasteiger partial charge in [-0.3, -0.25) is 0 Å². The summed E-state index contributed by atoms with van der Waals surface area (Å²) in [5, 5.41) is 4.44. The van der Waals surface area contributed by atoms with E-state index in [0.717, 1.165) is 42.3 Å². The molecule has 1 atom stereocenters. The van der Waals surface area contributed by atoms with Crippen LogP contribution in [0.4, 0.5) is 0 Å². The van der Waals surface area contributed by atoms with Crippen molar-refractivity contribution in [2.75, 3.05) is 20.6 Å². The van der Waals surface area contributed by atoms with Gasteiger partial charge in [-0.25, -0.2) is 9.67 Å². The molecule has 0 aromatic carbocycles. The fourth-order valence-corrected chi connectivity index (χ4v) is 2.45. The van der Waals surface area contributed by atoms with Crippen molar-refractivity contribution in [1.82, 2.24) is 24.2 Å². The van der Waals surface area contributed by atoms with Gasteiger partial charge in [-0.1, -0.05) is 0 Å². The Hall–Kier alpha value is -1.07. The van der Waals surface area contributed by atoms with Crippen LogP contribution >= 0.6 is 11.6 Å². The third-order valence-corrected chi connectivity index (χ3v) is 3.45. The topological polar surface area (TPSA) is 38.9 Å². The van der Waals surface area contributed by atoms with Gasteiger partial charge in [0.05, 0.1) is 11.1 Å². The van der Waals surface area contributed by atoms with Crippen molar-refractivity contribution in [2.24, 2.45) is 0 Å². The number of halogens is 1. The second-order valence-electron chi connectivity index (χ2n) is 5.11. The molecule has 0 saturated carbocycles. The summed E-state index contributed by atoms with van der Waals surface area (Å²) in [4.78, 5) is 6.85. The maximum absolute atomic E-state index is 6.27. The number of fused-ring (bicyclic) bond motifs is 1. The Morgan fingerprint density at radius 3 is 2.58 bits per heavy atom. The van der Waals surface area contributed by atoms with Crippen LogP contribution in [0.15, 0.2) is 0 Å². The smallest absolute Gasteiger partial charge is 0.159 e. The maximum Gasteiger partial charge on any atom is 0.159 e. The fourth-order valence-electron chi connectivity index (χ4n) is 2.29. The Kier molecular flexibility index (Phi) is 4.16. The molecule has 0 aliphatic rings. The van der Waals surface area contributed by atoms with Crippen LogP contribution in [0, 0.1) is 6.92 Å². The monoisotopic (exact) mass is 283 g/mol. The van der Waals surface area contributed by atoms with Gasteiger partial charge in [-0.05, 0) is 34.9 Å². The number of aromatic nitrogens is 4. The lowest BCUT2D eigenvalue weighted by molar-refractivity contribution is 0.381. The number of hydrogen-bond acceptors (Lipinski definition) is 3.